The van der Waals surface area contributed by atoms with E-state index >= 15 is 0 Å². The third kappa shape index (κ3) is 7.12. The van der Waals surface area contributed by atoms with Crippen molar-refractivity contribution in [2.24, 2.45) is 4.99 Å². The average molecular weight is 827 g/mol. The Labute approximate surface area is 301 Å². The van der Waals surface area contributed by atoms with Crippen molar-refractivity contribution < 1.29 is 28.5 Å². The molecular weight excluding hydrogens is 799 g/mol. The number of hydrogen-bond donors (Lipinski definition) is 0. The number of hydrogen-bond acceptors (Lipinski definition) is 9. The summed E-state index contributed by atoms with van der Waals surface area (Å²) in [6.45, 7) is 3.82. The number of carbonyl (C=O) groups excluding carboxylic acids is 1. The van der Waals surface area contributed by atoms with Crippen LogP contribution in [0.3, 0.4) is 0 Å². The Morgan fingerprint density at radius 2 is 1.68 bits per heavy atom. The molecule has 0 bridgehead atoms. The van der Waals surface area contributed by atoms with E-state index in [0.717, 1.165) is 5.56 Å². The maximum absolute atomic E-state index is 14.2. The highest BCUT2D eigenvalue weighted by atomic mass is 79.9. The van der Waals surface area contributed by atoms with Crippen molar-refractivity contribution in [3.05, 3.63) is 109 Å². The summed E-state index contributed by atoms with van der Waals surface area (Å²) in [6, 6.07) is 11.5. The monoisotopic (exact) mass is 824 g/mol. The molecule has 1 atom stereocenters. The third-order valence-electron chi connectivity index (χ3n) is 7.23. The van der Waals surface area contributed by atoms with Crippen molar-refractivity contribution in [1.82, 2.24) is 4.57 Å². The van der Waals surface area contributed by atoms with Crippen LogP contribution < -0.4 is 33.8 Å². The van der Waals surface area contributed by atoms with Gasteiger partial charge in [-0.25, -0.2) is 9.79 Å². The molecule has 246 valence electrons. The number of nitrogens with zero attached hydrogens (tertiary/aromatic N) is 2. The van der Waals surface area contributed by atoms with Crippen LogP contribution in [0.2, 0.25) is 10.0 Å². The smallest absolute Gasteiger partial charge is 0.338 e. The molecule has 5 rings (SSSR count). The van der Waals surface area contributed by atoms with Gasteiger partial charge in [-0.15, -0.1) is 0 Å². The van der Waals surface area contributed by atoms with E-state index in [0.29, 0.717) is 68.1 Å². The van der Waals surface area contributed by atoms with Crippen LogP contribution in [0.5, 0.6) is 23.0 Å². The summed E-state index contributed by atoms with van der Waals surface area (Å²) in [4.78, 5) is 32.6. The molecule has 0 saturated carbocycles. The number of benzene rings is 3. The Bertz CT molecular complexity index is 2100. The Morgan fingerprint density at radius 1 is 0.979 bits per heavy atom. The highest BCUT2D eigenvalue weighted by molar-refractivity contribution is 9.10. The lowest BCUT2D eigenvalue weighted by atomic mass is 9.95. The standard InChI is InChI=1S/C33H28Br2Cl2N2O7S/c1-6-45-32(41)28-16(2)38-33-39(29(28)19-13-24(42-3)25(43-4)14-20(19)34)31(40)27(47-33)12-18-9-21(35)30(26(11-18)44-5)46-15-17-7-8-22(36)23(37)10-17/h7-14,29H,6,15H2,1-5H3/b27-12-/t29-/m1/s1. The van der Waals surface area contributed by atoms with Crippen molar-refractivity contribution in [1.29, 1.82) is 0 Å². The predicted molar refractivity (Wildman–Crippen MR) is 189 cm³/mol. The lowest BCUT2D eigenvalue weighted by molar-refractivity contribution is -0.139. The van der Waals surface area contributed by atoms with E-state index in [1.165, 1.54) is 37.2 Å². The fraction of sp³-hybridized carbons (Fsp3) is 0.242. The Kier molecular flexibility index (Phi) is 11.1. The minimum absolute atomic E-state index is 0.156. The number of rotatable bonds is 10. The topological polar surface area (TPSA) is 97.6 Å². The molecule has 0 amide bonds. The Balaban J connectivity index is 1.61. The number of esters is 1. The van der Waals surface area contributed by atoms with Gasteiger partial charge >= 0.3 is 5.97 Å². The number of halogens is 4. The van der Waals surface area contributed by atoms with Crippen LogP contribution in [0, 0.1) is 0 Å². The van der Waals surface area contributed by atoms with Crippen LogP contribution in [-0.2, 0) is 16.1 Å². The van der Waals surface area contributed by atoms with E-state index in [1.807, 2.05) is 12.1 Å². The number of fused-ring (bicyclic) bond motifs is 1. The van der Waals surface area contributed by atoms with Crippen LogP contribution >= 0.6 is 66.4 Å². The predicted octanol–water partition coefficient (Wildman–Crippen LogP) is 7.23. The first kappa shape index (κ1) is 35.0. The second-order valence-corrected chi connectivity index (χ2v) is 13.6. The Hall–Kier alpha value is -3.29. The van der Waals surface area contributed by atoms with Gasteiger partial charge in [0.2, 0.25) is 0 Å². The van der Waals surface area contributed by atoms with E-state index in [9.17, 15) is 9.59 Å². The summed E-state index contributed by atoms with van der Waals surface area (Å²) in [7, 11) is 4.58. The van der Waals surface area contributed by atoms with Gasteiger partial charge in [-0.1, -0.05) is 56.5 Å². The van der Waals surface area contributed by atoms with E-state index in [-0.39, 0.29) is 24.3 Å². The van der Waals surface area contributed by atoms with E-state index in [1.54, 1.807) is 50.3 Å². The zero-order valence-corrected chi connectivity index (χ0v) is 31.3. The van der Waals surface area contributed by atoms with Crippen LogP contribution in [-0.4, -0.2) is 38.5 Å². The SMILES string of the molecule is CCOC(=O)C1=C(C)N=c2s/c(=C\c3cc(Br)c(OCc4ccc(Cl)c(Cl)c4)c(OC)c3)c(=O)n2[C@@H]1c1cc(OC)c(OC)cc1Br. The fourth-order valence-electron chi connectivity index (χ4n) is 5.06. The van der Waals surface area contributed by atoms with Crippen LogP contribution in [0.25, 0.3) is 6.08 Å². The van der Waals surface area contributed by atoms with Gasteiger partial charge in [-0.3, -0.25) is 9.36 Å². The largest absolute Gasteiger partial charge is 0.493 e. The van der Waals surface area contributed by atoms with Gasteiger partial charge in [-0.05, 0) is 88.9 Å². The number of ether oxygens (including phenoxy) is 5. The summed E-state index contributed by atoms with van der Waals surface area (Å²) < 4.78 is 31.3. The molecule has 0 saturated heterocycles. The molecule has 0 radical (unpaired) electrons. The number of carbonyl (C=O) groups is 1. The Morgan fingerprint density at radius 3 is 2.34 bits per heavy atom. The fourth-order valence-corrected chi connectivity index (χ4v) is 7.55. The molecule has 1 aromatic heterocycles. The molecule has 0 aliphatic carbocycles. The summed E-state index contributed by atoms with van der Waals surface area (Å²) in [5, 5.41) is 0.889. The first-order valence-electron chi connectivity index (χ1n) is 14.1. The molecule has 14 heteroatoms. The summed E-state index contributed by atoms with van der Waals surface area (Å²) in [5.41, 5.74) is 2.44. The molecule has 1 aliphatic rings. The number of allylic oxidation sites excluding steroid dienone is 1. The minimum atomic E-state index is -0.861. The quantitative estimate of drug-likeness (QED) is 0.156. The molecular formula is C33H28Br2Cl2N2O7S. The van der Waals surface area contributed by atoms with Crippen LogP contribution in [0.4, 0.5) is 0 Å². The molecule has 4 aromatic rings. The lowest BCUT2D eigenvalue weighted by Gasteiger charge is -2.26. The first-order valence-corrected chi connectivity index (χ1v) is 17.2. The molecule has 1 aliphatic heterocycles. The second-order valence-electron chi connectivity index (χ2n) is 10.1. The second kappa shape index (κ2) is 14.9. The van der Waals surface area contributed by atoms with E-state index in [4.69, 9.17) is 46.9 Å². The zero-order valence-electron chi connectivity index (χ0n) is 25.8. The molecule has 0 unspecified atom stereocenters. The van der Waals surface area contributed by atoms with Crippen molar-refractivity contribution >= 4 is 78.4 Å². The van der Waals surface area contributed by atoms with E-state index in [2.05, 4.69) is 36.9 Å². The number of methoxy groups -OCH3 is 3. The van der Waals surface area contributed by atoms with Crippen molar-refractivity contribution in [3.63, 3.8) is 0 Å². The van der Waals surface area contributed by atoms with Crippen molar-refractivity contribution in [3.8, 4) is 23.0 Å². The van der Waals surface area contributed by atoms with Crippen LogP contribution in [0.1, 0.15) is 36.6 Å². The lowest BCUT2D eigenvalue weighted by Crippen LogP contribution is -2.40. The van der Waals surface area contributed by atoms with Crippen LogP contribution in [0.15, 0.2) is 72.5 Å². The summed E-state index contributed by atoms with van der Waals surface area (Å²) in [6.07, 6.45) is 1.74. The summed E-state index contributed by atoms with van der Waals surface area (Å²) in [5.74, 6) is 1.28. The highest BCUT2D eigenvalue weighted by Crippen LogP contribution is 2.41. The maximum atomic E-state index is 14.2. The molecule has 0 fully saturated rings. The van der Waals surface area contributed by atoms with Gasteiger partial charge in [-0.2, -0.15) is 0 Å². The van der Waals surface area contributed by atoms with Crippen molar-refractivity contribution in [2.75, 3.05) is 27.9 Å². The first-order chi connectivity index (χ1) is 22.5. The molecule has 0 N–H and O–H groups in total. The number of aromatic nitrogens is 1. The number of thiazole rings is 1. The van der Waals surface area contributed by atoms with Gasteiger partial charge in [0.25, 0.3) is 5.56 Å². The van der Waals surface area contributed by atoms with Gasteiger partial charge in [0.15, 0.2) is 27.8 Å². The van der Waals surface area contributed by atoms with Gasteiger partial charge in [0.1, 0.15) is 6.61 Å². The van der Waals surface area contributed by atoms with Gasteiger partial charge < -0.3 is 23.7 Å². The normalized spacial score (nSPS) is 14.4. The third-order valence-corrected chi connectivity index (χ3v) is 10.2. The van der Waals surface area contributed by atoms with E-state index < -0.39 is 12.0 Å². The molecule has 47 heavy (non-hydrogen) atoms. The minimum Gasteiger partial charge on any atom is -0.493 e. The molecule has 3 aromatic carbocycles. The highest BCUT2D eigenvalue weighted by Gasteiger charge is 2.35. The zero-order chi connectivity index (χ0) is 34.0. The van der Waals surface area contributed by atoms with Gasteiger partial charge in [0, 0.05) is 4.47 Å². The molecule has 2 heterocycles. The summed E-state index contributed by atoms with van der Waals surface area (Å²) >= 11 is 20.6. The maximum Gasteiger partial charge on any atom is 0.338 e. The molecule has 0 spiro atoms. The van der Waals surface area contributed by atoms with Gasteiger partial charge in [0.05, 0.1) is 64.3 Å². The molecule has 9 nitrogen and oxygen atoms in total. The van der Waals surface area contributed by atoms with Crippen molar-refractivity contribution in [2.45, 2.75) is 26.5 Å². The average Bonchev–Trinajstić information content (AvgIpc) is 3.34.